The highest BCUT2D eigenvalue weighted by Gasteiger charge is 2.26. The van der Waals surface area contributed by atoms with E-state index in [-0.39, 0.29) is 0 Å². The Morgan fingerprint density at radius 2 is 1.77 bits per heavy atom. The van der Waals surface area contributed by atoms with Crippen molar-refractivity contribution in [3.05, 3.63) is 12.2 Å². The van der Waals surface area contributed by atoms with E-state index in [1.807, 2.05) is 0 Å². The molecular weight excluding hydrogens is 180 g/mol. The summed E-state index contributed by atoms with van der Waals surface area (Å²) in [4.78, 5) is 0. The second-order valence-electron chi connectivity index (χ2n) is 3.36. The second-order valence-corrected chi connectivity index (χ2v) is 6.85. The van der Waals surface area contributed by atoms with Gasteiger partial charge in [0.2, 0.25) is 0 Å². The van der Waals surface area contributed by atoms with Crippen molar-refractivity contribution in [2.45, 2.75) is 38.8 Å². The lowest BCUT2D eigenvalue weighted by Crippen LogP contribution is -2.35. The molecule has 0 radical (unpaired) electrons. The van der Waals surface area contributed by atoms with E-state index in [0.29, 0.717) is 0 Å². The van der Waals surface area contributed by atoms with E-state index in [9.17, 15) is 0 Å². The Balaban J connectivity index is 3.65. The van der Waals surface area contributed by atoms with E-state index in [4.69, 9.17) is 8.85 Å². The molecule has 0 aromatic rings. The van der Waals surface area contributed by atoms with Crippen LogP contribution in [-0.2, 0) is 8.85 Å². The number of hydrogen-bond donors (Lipinski definition) is 0. The van der Waals surface area contributed by atoms with Crippen LogP contribution in [0.4, 0.5) is 0 Å². The molecule has 0 amide bonds. The Labute approximate surface area is 83.2 Å². The molecular formula is C10H22O2Si. The van der Waals surface area contributed by atoms with Crippen LogP contribution in [0.2, 0.25) is 12.6 Å². The standard InChI is InChI=1S/C10H22O2Si/c1-5-6-7-8-9-10-13(4,11-2)12-3/h8-9H,5-7,10H2,1-4H3. The lowest BCUT2D eigenvalue weighted by atomic mass is 10.2. The van der Waals surface area contributed by atoms with Gasteiger partial charge < -0.3 is 8.85 Å². The van der Waals surface area contributed by atoms with E-state index < -0.39 is 8.56 Å². The average Bonchev–Trinajstić information content (AvgIpc) is 2.17. The van der Waals surface area contributed by atoms with Crippen molar-refractivity contribution in [1.29, 1.82) is 0 Å². The molecule has 0 bridgehead atoms. The average molecular weight is 202 g/mol. The molecule has 0 atom stereocenters. The predicted molar refractivity (Wildman–Crippen MR) is 59.1 cm³/mol. The summed E-state index contributed by atoms with van der Waals surface area (Å²) in [6, 6.07) is 0.948. The third-order valence-corrected chi connectivity index (χ3v) is 4.95. The van der Waals surface area contributed by atoms with Crippen LogP contribution in [0.25, 0.3) is 0 Å². The number of rotatable bonds is 7. The molecule has 0 saturated heterocycles. The van der Waals surface area contributed by atoms with Gasteiger partial charge in [0.15, 0.2) is 0 Å². The van der Waals surface area contributed by atoms with Gasteiger partial charge in [0.05, 0.1) is 0 Å². The smallest absolute Gasteiger partial charge is 0.338 e. The fourth-order valence-electron chi connectivity index (χ4n) is 0.987. The van der Waals surface area contributed by atoms with E-state index >= 15 is 0 Å². The van der Waals surface area contributed by atoms with Crippen molar-refractivity contribution in [2.75, 3.05) is 14.2 Å². The summed E-state index contributed by atoms with van der Waals surface area (Å²) < 4.78 is 10.7. The topological polar surface area (TPSA) is 18.5 Å². The highest BCUT2D eigenvalue weighted by molar-refractivity contribution is 6.66. The van der Waals surface area contributed by atoms with Crippen molar-refractivity contribution in [3.63, 3.8) is 0 Å². The lowest BCUT2D eigenvalue weighted by Gasteiger charge is -2.20. The van der Waals surface area contributed by atoms with E-state index in [2.05, 4.69) is 25.6 Å². The summed E-state index contributed by atoms with van der Waals surface area (Å²) in [6.45, 7) is 4.29. The number of allylic oxidation sites excluding steroid dienone is 2. The Hall–Kier alpha value is -0.123. The van der Waals surface area contributed by atoms with Crippen molar-refractivity contribution < 1.29 is 8.85 Å². The second kappa shape index (κ2) is 7.30. The zero-order valence-electron chi connectivity index (χ0n) is 9.30. The van der Waals surface area contributed by atoms with E-state index in [1.54, 1.807) is 14.2 Å². The fourth-order valence-corrected chi connectivity index (χ4v) is 2.08. The van der Waals surface area contributed by atoms with E-state index in [1.165, 1.54) is 19.3 Å². The summed E-state index contributed by atoms with van der Waals surface area (Å²) >= 11 is 0. The van der Waals surface area contributed by atoms with Crippen LogP contribution in [0.15, 0.2) is 12.2 Å². The van der Waals surface area contributed by atoms with Gasteiger partial charge in [0.1, 0.15) is 0 Å². The molecule has 0 N–H and O–H groups in total. The van der Waals surface area contributed by atoms with Crippen LogP contribution in [0, 0.1) is 0 Å². The normalized spacial score (nSPS) is 12.6. The first-order valence-electron chi connectivity index (χ1n) is 4.94. The minimum absolute atomic E-state index is 0.948. The molecule has 0 aliphatic heterocycles. The quantitative estimate of drug-likeness (QED) is 0.359. The van der Waals surface area contributed by atoms with Crippen LogP contribution >= 0.6 is 0 Å². The summed E-state index contributed by atoms with van der Waals surface area (Å²) in [6.07, 6.45) is 8.12. The molecule has 2 nitrogen and oxygen atoms in total. The lowest BCUT2D eigenvalue weighted by molar-refractivity contribution is 0.253. The maximum Gasteiger partial charge on any atom is 0.338 e. The Kier molecular flexibility index (Phi) is 7.23. The molecule has 0 fully saturated rings. The van der Waals surface area contributed by atoms with Crippen LogP contribution in [0.5, 0.6) is 0 Å². The van der Waals surface area contributed by atoms with Gasteiger partial charge >= 0.3 is 8.56 Å². The maximum atomic E-state index is 5.36. The third-order valence-electron chi connectivity index (χ3n) is 2.24. The van der Waals surface area contributed by atoms with Gasteiger partial charge in [-0.05, 0) is 13.0 Å². The van der Waals surface area contributed by atoms with Crippen LogP contribution < -0.4 is 0 Å². The first-order chi connectivity index (χ1) is 6.18. The van der Waals surface area contributed by atoms with E-state index in [0.717, 1.165) is 6.04 Å². The Morgan fingerprint density at radius 1 is 1.15 bits per heavy atom. The largest absolute Gasteiger partial charge is 0.398 e. The molecule has 78 valence electrons. The van der Waals surface area contributed by atoms with Crippen LogP contribution in [-0.4, -0.2) is 22.8 Å². The van der Waals surface area contributed by atoms with Gasteiger partial charge in [-0.15, -0.1) is 0 Å². The van der Waals surface area contributed by atoms with Crippen LogP contribution in [0.1, 0.15) is 26.2 Å². The SMILES string of the molecule is CCCCC=CC[Si](C)(OC)OC. The minimum Gasteiger partial charge on any atom is -0.398 e. The molecule has 0 unspecified atom stereocenters. The van der Waals surface area contributed by atoms with Crippen molar-refractivity contribution >= 4 is 8.56 Å². The molecule has 0 aromatic carbocycles. The Bertz CT molecular complexity index is 142. The predicted octanol–water partition coefficient (Wildman–Crippen LogP) is 3.10. The molecule has 0 spiro atoms. The minimum atomic E-state index is -1.84. The maximum absolute atomic E-state index is 5.36. The fraction of sp³-hybridized carbons (Fsp3) is 0.800. The van der Waals surface area contributed by atoms with Gasteiger partial charge in [-0.3, -0.25) is 0 Å². The number of hydrogen-bond acceptors (Lipinski definition) is 2. The number of unbranched alkanes of at least 4 members (excludes halogenated alkanes) is 2. The molecule has 13 heavy (non-hydrogen) atoms. The molecule has 0 heterocycles. The molecule has 3 heteroatoms. The monoisotopic (exact) mass is 202 g/mol. The Morgan fingerprint density at radius 3 is 2.23 bits per heavy atom. The zero-order chi connectivity index (χ0) is 10.2. The zero-order valence-corrected chi connectivity index (χ0v) is 10.3. The highest BCUT2D eigenvalue weighted by atomic mass is 28.4. The van der Waals surface area contributed by atoms with Gasteiger partial charge in [0, 0.05) is 20.3 Å². The van der Waals surface area contributed by atoms with Gasteiger partial charge in [-0.2, -0.15) is 0 Å². The molecule has 0 aliphatic rings. The molecule has 0 rings (SSSR count). The van der Waals surface area contributed by atoms with Gasteiger partial charge in [-0.1, -0.05) is 31.9 Å². The van der Waals surface area contributed by atoms with Crippen molar-refractivity contribution in [1.82, 2.24) is 0 Å². The third kappa shape index (κ3) is 6.02. The summed E-state index contributed by atoms with van der Waals surface area (Å²) in [7, 11) is 1.62. The van der Waals surface area contributed by atoms with Crippen LogP contribution in [0.3, 0.4) is 0 Å². The summed E-state index contributed by atoms with van der Waals surface area (Å²) in [5, 5.41) is 0. The molecule has 0 saturated carbocycles. The van der Waals surface area contributed by atoms with Crippen molar-refractivity contribution in [3.8, 4) is 0 Å². The summed E-state index contributed by atoms with van der Waals surface area (Å²) in [5.74, 6) is 0. The summed E-state index contributed by atoms with van der Waals surface area (Å²) in [5.41, 5.74) is 0. The highest BCUT2D eigenvalue weighted by Crippen LogP contribution is 2.11. The van der Waals surface area contributed by atoms with Gasteiger partial charge in [0.25, 0.3) is 0 Å². The first kappa shape index (κ1) is 12.9. The molecule has 0 aliphatic carbocycles. The van der Waals surface area contributed by atoms with Crippen molar-refractivity contribution in [2.24, 2.45) is 0 Å². The first-order valence-corrected chi connectivity index (χ1v) is 7.46. The van der Waals surface area contributed by atoms with Gasteiger partial charge in [-0.25, -0.2) is 0 Å². The molecule has 0 aromatic heterocycles.